The summed E-state index contributed by atoms with van der Waals surface area (Å²) < 4.78 is 38.0. The first-order chi connectivity index (χ1) is 10.3. The van der Waals surface area contributed by atoms with E-state index in [1.165, 1.54) is 23.6 Å². The molecule has 0 saturated heterocycles. The van der Waals surface area contributed by atoms with Gasteiger partial charge in [-0.15, -0.1) is 11.3 Å². The van der Waals surface area contributed by atoms with Crippen molar-refractivity contribution in [2.45, 2.75) is 25.6 Å². The SMILES string of the molecule is C[C@H](N)C(=O)Nc1ncc(Cc2cccc(C(F)(F)F)c2)s1. The molecule has 1 amide bonds. The number of nitrogens with one attached hydrogen (secondary N) is 1. The summed E-state index contributed by atoms with van der Waals surface area (Å²) in [5, 5.41) is 2.93. The largest absolute Gasteiger partial charge is 0.416 e. The lowest BCUT2D eigenvalue weighted by atomic mass is 10.1. The summed E-state index contributed by atoms with van der Waals surface area (Å²) in [6, 6.07) is 4.48. The molecule has 0 aliphatic rings. The minimum absolute atomic E-state index is 0.315. The van der Waals surface area contributed by atoms with Gasteiger partial charge in [0.1, 0.15) is 0 Å². The van der Waals surface area contributed by atoms with Crippen LogP contribution in [0.5, 0.6) is 0 Å². The zero-order valence-electron chi connectivity index (χ0n) is 11.6. The summed E-state index contributed by atoms with van der Waals surface area (Å²) in [5.41, 5.74) is 5.28. The van der Waals surface area contributed by atoms with Crippen molar-refractivity contribution >= 4 is 22.4 Å². The van der Waals surface area contributed by atoms with E-state index >= 15 is 0 Å². The Morgan fingerprint density at radius 3 is 2.82 bits per heavy atom. The Hall–Kier alpha value is -1.93. The summed E-state index contributed by atoms with van der Waals surface area (Å²) in [6.07, 6.45) is -2.52. The monoisotopic (exact) mass is 329 g/mol. The van der Waals surface area contributed by atoms with Gasteiger partial charge in [0.15, 0.2) is 5.13 Å². The number of amides is 1. The predicted octanol–water partition coefficient (Wildman–Crippen LogP) is 3.04. The summed E-state index contributed by atoms with van der Waals surface area (Å²) in [7, 11) is 0. The molecule has 1 aromatic heterocycles. The Morgan fingerprint density at radius 1 is 1.45 bits per heavy atom. The highest BCUT2D eigenvalue weighted by Crippen LogP contribution is 2.30. The van der Waals surface area contributed by atoms with Crippen molar-refractivity contribution in [2.24, 2.45) is 5.73 Å². The van der Waals surface area contributed by atoms with Crippen molar-refractivity contribution < 1.29 is 18.0 Å². The van der Waals surface area contributed by atoms with E-state index in [1.54, 1.807) is 13.0 Å². The molecule has 8 heteroatoms. The Balaban J connectivity index is 2.09. The Kier molecular flexibility index (Phi) is 4.82. The number of thiazole rings is 1. The molecule has 3 N–H and O–H groups in total. The van der Waals surface area contributed by atoms with Crippen molar-refractivity contribution in [3.63, 3.8) is 0 Å². The number of rotatable bonds is 4. The number of anilines is 1. The third kappa shape index (κ3) is 4.28. The molecular formula is C14H14F3N3OS. The third-order valence-corrected chi connectivity index (χ3v) is 3.74. The van der Waals surface area contributed by atoms with E-state index in [-0.39, 0.29) is 5.91 Å². The minimum atomic E-state index is -4.36. The molecule has 118 valence electrons. The molecule has 0 aliphatic heterocycles. The zero-order chi connectivity index (χ0) is 16.3. The van der Waals surface area contributed by atoms with Gasteiger partial charge in [0, 0.05) is 17.5 Å². The topological polar surface area (TPSA) is 68.0 Å². The van der Waals surface area contributed by atoms with Gasteiger partial charge in [-0.2, -0.15) is 13.2 Å². The van der Waals surface area contributed by atoms with Crippen molar-refractivity contribution in [1.29, 1.82) is 0 Å². The molecule has 4 nitrogen and oxygen atoms in total. The first-order valence-corrected chi connectivity index (χ1v) is 7.24. The second kappa shape index (κ2) is 6.45. The number of carbonyl (C=O) groups excluding carboxylic acids is 1. The number of carbonyl (C=O) groups is 1. The molecule has 0 unspecified atom stereocenters. The summed E-state index contributed by atoms with van der Waals surface area (Å²) in [5.74, 6) is -0.361. The van der Waals surface area contributed by atoms with Gasteiger partial charge in [-0.05, 0) is 18.6 Å². The van der Waals surface area contributed by atoms with Gasteiger partial charge >= 0.3 is 6.18 Å². The van der Waals surface area contributed by atoms with Gasteiger partial charge in [-0.1, -0.05) is 18.2 Å². The number of alkyl halides is 3. The van der Waals surface area contributed by atoms with Gasteiger partial charge in [0.25, 0.3) is 0 Å². The van der Waals surface area contributed by atoms with Gasteiger partial charge < -0.3 is 11.1 Å². The van der Waals surface area contributed by atoms with Gasteiger partial charge in [0.05, 0.1) is 11.6 Å². The highest BCUT2D eigenvalue weighted by atomic mass is 32.1. The molecule has 2 aromatic rings. The van der Waals surface area contributed by atoms with E-state index in [4.69, 9.17) is 5.73 Å². The molecule has 1 heterocycles. The van der Waals surface area contributed by atoms with Crippen molar-refractivity contribution in [2.75, 3.05) is 5.32 Å². The molecule has 0 saturated carbocycles. The minimum Gasteiger partial charge on any atom is -0.320 e. The Labute approximate surface area is 129 Å². The molecule has 1 aromatic carbocycles. The number of benzene rings is 1. The molecule has 1 atom stereocenters. The highest BCUT2D eigenvalue weighted by molar-refractivity contribution is 7.15. The van der Waals surface area contributed by atoms with Crippen LogP contribution in [0, 0.1) is 0 Å². The Bertz CT molecular complexity index is 667. The van der Waals surface area contributed by atoms with Crippen LogP contribution in [0.3, 0.4) is 0 Å². The predicted molar refractivity (Wildman–Crippen MR) is 78.6 cm³/mol. The number of hydrogen-bond acceptors (Lipinski definition) is 4. The average Bonchev–Trinajstić information content (AvgIpc) is 2.85. The third-order valence-electron chi connectivity index (χ3n) is 2.83. The molecule has 0 spiro atoms. The standard InChI is InChI=1S/C14H14F3N3OS/c1-8(18)12(21)20-13-19-7-11(22-13)6-9-3-2-4-10(5-9)14(15,16)17/h2-5,7-8H,6,18H2,1H3,(H,19,20,21)/t8-/m0/s1. The summed E-state index contributed by atoms with van der Waals surface area (Å²) in [4.78, 5) is 16.2. The van der Waals surface area contributed by atoms with Crippen LogP contribution in [0.1, 0.15) is 22.9 Å². The number of nitrogens with zero attached hydrogens (tertiary/aromatic N) is 1. The van der Waals surface area contributed by atoms with E-state index in [1.807, 2.05) is 0 Å². The van der Waals surface area contributed by atoms with Crippen LogP contribution in [-0.4, -0.2) is 16.9 Å². The lowest BCUT2D eigenvalue weighted by Gasteiger charge is -2.07. The molecule has 0 radical (unpaired) electrons. The van der Waals surface area contributed by atoms with Crippen LogP contribution in [-0.2, 0) is 17.4 Å². The van der Waals surface area contributed by atoms with Gasteiger partial charge in [0.2, 0.25) is 5.91 Å². The van der Waals surface area contributed by atoms with Crippen molar-refractivity contribution in [3.05, 3.63) is 46.5 Å². The molecule has 0 bridgehead atoms. The summed E-state index contributed by atoms with van der Waals surface area (Å²) >= 11 is 1.21. The van der Waals surface area contributed by atoms with E-state index in [0.717, 1.165) is 17.0 Å². The second-order valence-corrected chi connectivity index (χ2v) is 5.90. The number of nitrogens with two attached hydrogens (primary N) is 1. The number of halogens is 3. The molecule has 22 heavy (non-hydrogen) atoms. The Morgan fingerprint density at radius 2 is 2.18 bits per heavy atom. The fourth-order valence-corrected chi connectivity index (χ4v) is 2.57. The fourth-order valence-electron chi connectivity index (χ4n) is 1.73. The quantitative estimate of drug-likeness (QED) is 0.906. The van der Waals surface area contributed by atoms with E-state index in [0.29, 0.717) is 17.1 Å². The van der Waals surface area contributed by atoms with E-state index in [9.17, 15) is 18.0 Å². The van der Waals surface area contributed by atoms with E-state index < -0.39 is 17.8 Å². The molecular weight excluding hydrogens is 315 g/mol. The fraction of sp³-hybridized carbons (Fsp3) is 0.286. The van der Waals surface area contributed by atoms with Crippen LogP contribution in [0.15, 0.2) is 30.5 Å². The first-order valence-electron chi connectivity index (χ1n) is 6.43. The average molecular weight is 329 g/mol. The van der Waals surface area contributed by atoms with Gasteiger partial charge in [-0.25, -0.2) is 4.98 Å². The highest BCUT2D eigenvalue weighted by Gasteiger charge is 2.30. The smallest absolute Gasteiger partial charge is 0.320 e. The number of hydrogen-bond donors (Lipinski definition) is 2. The van der Waals surface area contributed by atoms with Crippen LogP contribution < -0.4 is 11.1 Å². The normalized spacial score (nSPS) is 13.0. The lowest BCUT2D eigenvalue weighted by Crippen LogP contribution is -2.32. The van der Waals surface area contributed by atoms with Crippen LogP contribution in [0.4, 0.5) is 18.3 Å². The lowest BCUT2D eigenvalue weighted by molar-refractivity contribution is -0.137. The molecule has 2 rings (SSSR count). The maximum atomic E-state index is 12.7. The number of aromatic nitrogens is 1. The van der Waals surface area contributed by atoms with Crippen LogP contribution in [0.25, 0.3) is 0 Å². The molecule has 0 aliphatic carbocycles. The summed E-state index contributed by atoms with van der Waals surface area (Å²) in [6.45, 7) is 1.55. The van der Waals surface area contributed by atoms with E-state index in [2.05, 4.69) is 10.3 Å². The van der Waals surface area contributed by atoms with Crippen LogP contribution >= 0.6 is 11.3 Å². The van der Waals surface area contributed by atoms with Crippen LogP contribution in [0.2, 0.25) is 0 Å². The van der Waals surface area contributed by atoms with Crippen molar-refractivity contribution in [3.8, 4) is 0 Å². The second-order valence-electron chi connectivity index (χ2n) is 4.78. The maximum absolute atomic E-state index is 12.7. The molecule has 0 fully saturated rings. The van der Waals surface area contributed by atoms with Gasteiger partial charge in [-0.3, -0.25) is 4.79 Å². The first kappa shape index (κ1) is 16.4. The zero-order valence-corrected chi connectivity index (χ0v) is 12.5. The maximum Gasteiger partial charge on any atom is 0.416 e. The van der Waals surface area contributed by atoms with Crippen molar-refractivity contribution in [1.82, 2.24) is 4.98 Å².